The van der Waals surface area contributed by atoms with E-state index in [1.807, 2.05) is 36.4 Å². The molecule has 3 unspecified atom stereocenters. The van der Waals surface area contributed by atoms with Gasteiger partial charge in [-0.1, -0.05) is 134 Å². The maximum Gasteiger partial charge on any atom is 0.232 e. The second-order valence-electron chi connectivity index (χ2n) is 13.7. The minimum absolute atomic E-state index is 0. The molecule has 2 heterocycles. The van der Waals surface area contributed by atoms with Gasteiger partial charge in [0.15, 0.2) is 0 Å². The van der Waals surface area contributed by atoms with Gasteiger partial charge in [-0.3, -0.25) is 4.90 Å². The maximum atomic E-state index is 6.74. The van der Waals surface area contributed by atoms with Crippen LogP contribution in [0.15, 0.2) is 190 Å². The molecule has 52 heavy (non-hydrogen) atoms. The van der Waals surface area contributed by atoms with Gasteiger partial charge in [0.1, 0.15) is 5.84 Å². The summed E-state index contributed by atoms with van der Waals surface area (Å²) in [5, 5.41) is 0. The Labute approximate surface area is 323 Å². The Morgan fingerprint density at radius 1 is 0.769 bits per heavy atom. The number of hydrogen-bond donors (Lipinski definition) is 1. The molecule has 2 bridgehead atoms. The first-order valence-electron chi connectivity index (χ1n) is 18.2. The first-order chi connectivity index (χ1) is 25.2. The van der Waals surface area contributed by atoms with E-state index in [9.17, 15) is 0 Å². The normalized spacial score (nSPS) is 21.8. The van der Waals surface area contributed by atoms with Crippen molar-refractivity contribution in [2.24, 2.45) is 21.6 Å². The van der Waals surface area contributed by atoms with E-state index in [-0.39, 0.29) is 41.7 Å². The molecule has 0 amide bonds. The molecule has 2 aliphatic heterocycles. The zero-order valence-corrected chi connectivity index (χ0v) is 31.4. The summed E-state index contributed by atoms with van der Waals surface area (Å²) in [6, 6.07) is 38.1. The Hall–Kier alpha value is -5.21. The number of para-hydroxylation sites is 1. The Balaban J connectivity index is 0.00000387. The summed E-state index contributed by atoms with van der Waals surface area (Å²) in [7, 11) is 0. The van der Waals surface area contributed by atoms with E-state index in [0.717, 1.165) is 42.5 Å². The number of anilines is 2. The summed E-state index contributed by atoms with van der Waals surface area (Å²) in [4.78, 5) is 15.2. The number of amidine groups is 1. The summed E-state index contributed by atoms with van der Waals surface area (Å²) >= 11 is 0. The predicted molar refractivity (Wildman–Crippen MR) is 226 cm³/mol. The molecular formula is C46H42IN5. The van der Waals surface area contributed by atoms with Crippen LogP contribution in [0.4, 0.5) is 11.4 Å². The van der Waals surface area contributed by atoms with E-state index in [0.29, 0.717) is 18.3 Å². The molecular weight excluding hydrogens is 749 g/mol. The Kier molecular flexibility index (Phi) is 9.65. The monoisotopic (exact) mass is 791 g/mol. The van der Waals surface area contributed by atoms with Gasteiger partial charge in [0.2, 0.25) is 5.96 Å². The lowest BCUT2D eigenvalue weighted by molar-refractivity contribution is 0.710. The largest absolute Gasteiger partial charge is 0.383 e. The SMILES string of the molecule is I.N/C(=N\C(=NCc1ccccc1)N1C2=CC=CCC2c2c(C3CC=CC4C=C3N(c3ccccc3)C3=C4C=CCC3)cccc21)c1ccccc1. The van der Waals surface area contributed by atoms with E-state index in [1.54, 1.807) is 0 Å². The van der Waals surface area contributed by atoms with Gasteiger partial charge in [-0.15, -0.1) is 24.0 Å². The summed E-state index contributed by atoms with van der Waals surface area (Å²) in [6.45, 7) is 0.501. The minimum Gasteiger partial charge on any atom is -0.383 e. The van der Waals surface area contributed by atoms with Gasteiger partial charge < -0.3 is 10.6 Å². The van der Waals surface area contributed by atoms with Crippen molar-refractivity contribution in [2.75, 3.05) is 9.80 Å². The lowest BCUT2D eigenvalue weighted by Gasteiger charge is -2.40. The molecule has 2 N–H and O–H groups in total. The number of nitrogens with two attached hydrogens (primary N) is 1. The molecule has 4 aromatic carbocycles. The summed E-state index contributed by atoms with van der Waals surface area (Å²) in [5.74, 6) is 1.70. The van der Waals surface area contributed by atoms with Gasteiger partial charge in [0.05, 0.1) is 12.2 Å². The number of benzene rings is 4. The summed E-state index contributed by atoms with van der Waals surface area (Å²) in [5.41, 5.74) is 19.3. The fraction of sp³-hybridized carbons (Fsp3) is 0.174. The fourth-order valence-corrected chi connectivity index (χ4v) is 8.41. The first-order valence-corrected chi connectivity index (χ1v) is 18.2. The van der Waals surface area contributed by atoms with Crippen molar-refractivity contribution in [3.05, 3.63) is 203 Å². The van der Waals surface area contributed by atoms with Crippen molar-refractivity contribution < 1.29 is 0 Å². The van der Waals surface area contributed by atoms with Crippen molar-refractivity contribution in [1.82, 2.24) is 0 Å². The van der Waals surface area contributed by atoms with Gasteiger partial charge in [0, 0.05) is 46.1 Å². The van der Waals surface area contributed by atoms with Crippen LogP contribution in [-0.2, 0) is 6.54 Å². The van der Waals surface area contributed by atoms with Crippen LogP contribution in [0.25, 0.3) is 0 Å². The fourth-order valence-electron chi connectivity index (χ4n) is 8.41. The third-order valence-electron chi connectivity index (χ3n) is 10.7. The highest BCUT2D eigenvalue weighted by atomic mass is 127. The zero-order chi connectivity index (χ0) is 34.1. The molecule has 4 aromatic rings. The number of rotatable bonds is 5. The van der Waals surface area contributed by atoms with E-state index in [2.05, 4.69) is 131 Å². The number of allylic oxidation sites excluding steroid dienone is 12. The van der Waals surface area contributed by atoms with Crippen molar-refractivity contribution in [2.45, 2.75) is 44.1 Å². The molecule has 0 radical (unpaired) electrons. The van der Waals surface area contributed by atoms with Crippen LogP contribution in [0.1, 0.15) is 59.8 Å². The molecule has 0 aromatic heterocycles. The van der Waals surface area contributed by atoms with Gasteiger partial charge in [-0.25, -0.2) is 4.99 Å². The van der Waals surface area contributed by atoms with Crippen LogP contribution in [-0.4, -0.2) is 11.8 Å². The van der Waals surface area contributed by atoms with Gasteiger partial charge in [0.25, 0.3) is 0 Å². The topological polar surface area (TPSA) is 57.2 Å². The molecule has 3 aliphatic carbocycles. The Morgan fingerprint density at radius 3 is 2.33 bits per heavy atom. The highest BCUT2D eigenvalue weighted by Gasteiger charge is 2.42. The van der Waals surface area contributed by atoms with E-state index >= 15 is 0 Å². The predicted octanol–water partition coefficient (Wildman–Crippen LogP) is 10.7. The number of halogens is 1. The van der Waals surface area contributed by atoms with E-state index < -0.39 is 0 Å². The van der Waals surface area contributed by atoms with Crippen LogP contribution >= 0.6 is 24.0 Å². The number of fused-ring (bicyclic) bond motifs is 5. The van der Waals surface area contributed by atoms with Crippen molar-refractivity contribution in [3.63, 3.8) is 0 Å². The van der Waals surface area contributed by atoms with Crippen molar-refractivity contribution in [3.8, 4) is 0 Å². The number of hydrogen-bond acceptors (Lipinski definition) is 2. The van der Waals surface area contributed by atoms with Crippen LogP contribution in [0.3, 0.4) is 0 Å². The van der Waals surface area contributed by atoms with Crippen LogP contribution in [0.2, 0.25) is 0 Å². The third kappa shape index (κ3) is 6.19. The number of guanidine groups is 1. The van der Waals surface area contributed by atoms with E-state index in [4.69, 9.17) is 15.7 Å². The molecule has 6 heteroatoms. The summed E-state index contributed by atoms with van der Waals surface area (Å²) in [6.07, 6.45) is 22.7. The highest BCUT2D eigenvalue weighted by molar-refractivity contribution is 14.0. The zero-order valence-electron chi connectivity index (χ0n) is 29.1. The second kappa shape index (κ2) is 14.8. The molecule has 0 saturated carbocycles. The first kappa shape index (κ1) is 33.9. The van der Waals surface area contributed by atoms with Crippen LogP contribution in [0, 0.1) is 5.92 Å². The average molecular weight is 792 g/mol. The van der Waals surface area contributed by atoms with Gasteiger partial charge >= 0.3 is 0 Å². The molecule has 258 valence electrons. The second-order valence-corrected chi connectivity index (χ2v) is 13.7. The molecule has 0 fully saturated rings. The Morgan fingerprint density at radius 2 is 1.52 bits per heavy atom. The lowest BCUT2D eigenvalue weighted by atomic mass is 9.80. The molecule has 5 aliphatic rings. The standard InChI is InChI=1S/C46H41N5.HI/c47-45(33-18-6-2-7-19-33)49-46(48-31-32-16-4-1-5-17-32)51-41-28-13-11-24-39(41)44-38(26-15-29-42(44)51)37-25-14-20-34-30-43(37)50(35-21-8-3-9-22-35)40-27-12-10-23-36(34)40;/h1-11,13-23,26,28-30,34,37,39H,12,24-25,27,31H2,(H2,47,48,49);1H. The van der Waals surface area contributed by atoms with Crippen LogP contribution < -0.4 is 15.5 Å². The molecule has 0 spiro atoms. The molecule has 5 nitrogen and oxygen atoms in total. The van der Waals surface area contributed by atoms with Gasteiger partial charge in [-0.2, -0.15) is 4.99 Å². The molecule has 9 rings (SSSR count). The van der Waals surface area contributed by atoms with E-state index in [1.165, 1.54) is 39.5 Å². The third-order valence-corrected chi connectivity index (χ3v) is 10.7. The quantitative estimate of drug-likeness (QED) is 0.0948. The Bertz CT molecular complexity index is 2210. The molecule has 0 saturated heterocycles. The highest BCUT2D eigenvalue weighted by Crippen LogP contribution is 2.54. The maximum absolute atomic E-state index is 6.74. The van der Waals surface area contributed by atoms with Crippen molar-refractivity contribution >= 4 is 47.1 Å². The average Bonchev–Trinajstić information content (AvgIpc) is 3.42. The van der Waals surface area contributed by atoms with Gasteiger partial charge in [-0.05, 0) is 72.2 Å². The lowest BCUT2D eigenvalue weighted by Crippen LogP contribution is -2.32. The summed E-state index contributed by atoms with van der Waals surface area (Å²) < 4.78 is 0. The number of aliphatic imine (C=N–C) groups is 2. The van der Waals surface area contributed by atoms with Crippen LogP contribution in [0.5, 0.6) is 0 Å². The minimum atomic E-state index is 0. The van der Waals surface area contributed by atoms with Crippen molar-refractivity contribution in [1.29, 1.82) is 0 Å². The number of nitrogens with zero attached hydrogens (tertiary/aromatic N) is 4. The smallest absolute Gasteiger partial charge is 0.232 e. The molecule has 3 atom stereocenters.